The number of nitrogens with one attached hydrogen (secondary N) is 1. The first-order valence-electron chi connectivity index (χ1n) is 6.49. The summed E-state index contributed by atoms with van der Waals surface area (Å²) in [7, 11) is 0. The van der Waals surface area contributed by atoms with Crippen LogP contribution in [0.25, 0.3) is 0 Å². The molecule has 7 heteroatoms. The minimum absolute atomic E-state index is 0.0276. The number of nitrogens with zero attached hydrogens (tertiary/aromatic N) is 1. The number of hydrogen-bond donors (Lipinski definition) is 2. The van der Waals surface area contributed by atoms with E-state index in [-0.39, 0.29) is 17.0 Å². The second-order valence-electron chi connectivity index (χ2n) is 4.57. The van der Waals surface area contributed by atoms with Crippen LogP contribution in [-0.4, -0.2) is 15.9 Å². The number of halogens is 1. The van der Waals surface area contributed by atoms with Gasteiger partial charge in [0.25, 0.3) is 11.6 Å². The lowest BCUT2D eigenvalue weighted by Gasteiger charge is -2.11. The molecule has 0 spiro atoms. The van der Waals surface area contributed by atoms with Crippen LogP contribution in [0.5, 0.6) is 5.75 Å². The van der Waals surface area contributed by atoms with E-state index in [0.717, 1.165) is 0 Å². The summed E-state index contributed by atoms with van der Waals surface area (Å²) in [5, 5.41) is 23.2. The highest BCUT2D eigenvalue weighted by atomic mass is 79.9. The molecule has 1 amide bonds. The van der Waals surface area contributed by atoms with E-state index < -0.39 is 10.8 Å². The third-order valence-corrected chi connectivity index (χ3v) is 3.63. The van der Waals surface area contributed by atoms with Gasteiger partial charge in [-0.15, -0.1) is 0 Å². The van der Waals surface area contributed by atoms with Crippen molar-refractivity contribution in [1.29, 1.82) is 0 Å². The standard InChI is InChI=1S/C15H13BrN2O4/c1-2-9-7-11(18(21)22)4-5-13(9)17-15(20)12-8-10(16)3-6-14(12)19/h3-8,19H,2H2,1H3,(H,17,20). The molecular formula is C15H13BrN2O4. The molecule has 0 bridgehead atoms. The second-order valence-corrected chi connectivity index (χ2v) is 5.48. The van der Waals surface area contributed by atoms with Crippen molar-refractivity contribution < 1.29 is 14.8 Å². The molecule has 2 aromatic carbocycles. The number of carbonyl (C=O) groups is 1. The lowest BCUT2D eigenvalue weighted by Crippen LogP contribution is -2.13. The quantitative estimate of drug-likeness (QED) is 0.635. The Balaban J connectivity index is 2.32. The maximum absolute atomic E-state index is 12.2. The van der Waals surface area contributed by atoms with E-state index in [1.807, 2.05) is 6.92 Å². The Morgan fingerprint density at radius 3 is 2.68 bits per heavy atom. The van der Waals surface area contributed by atoms with Crippen LogP contribution in [0.15, 0.2) is 40.9 Å². The fraction of sp³-hybridized carbons (Fsp3) is 0.133. The molecule has 0 atom stereocenters. The van der Waals surface area contributed by atoms with Crippen molar-refractivity contribution in [2.45, 2.75) is 13.3 Å². The Labute approximate surface area is 135 Å². The summed E-state index contributed by atoms with van der Waals surface area (Å²) in [5.41, 5.74) is 1.23. The second kappa shape index (κ2) is 6.57. The van der Waals surface area contributed by atoms with E-state index in [9.17, 15) is 20.0 Å². The molecule has 2 N–H and O–H groups in total. The molecule has 0 aromatic heterocycles. The average molecular weight is 365 g/mol. The smallest absolute Gasteiger partial charge is 0.269 e. The van der Waals surface area contributed by atoms with E-state index >= 15 is 0 Å². The molecule has 0 saturated carbocycles. The lowest BCUT2D eigenvalue weighted by molar-refractivity contribution is -0.384. The maximum atomic E-state index is 12.2. The Bertz CT molecular complexity index is 746. The lowest BCUT2D eigenvalue weighted by atomic mass is 10.1. The summed E-state index contributed by atoms with van der Waals surface area (Å²) >= 11 is 3.24. The Hall–Kier alpha value is -2.41. The van der Waals surface area contributed by atoms with Crippen molar-refractivity contribution in [3.63, 3.8) is 0 Å². The third-order valence-electron chi connectivity index (χ3n) is 3.13. The molecular weight excluding hydrogens is 352 g/mol. The van der Waals surface area contributed by atoms with Crippen molar-refractivity contribution in [2.75, 3.05) is 5.32 Å². The number of rotatable bonds is 4. The number of aryl methyl sites for hydroxylation is 1. The maximum Gasteiger partial charge on any atom is 0.269 e. The van der Waals surface area contributed by atoms with Crippen LogP contribution in [0.1, 0.15) is 22.8 Å². The van der Waals surface area contributed by atoms with Gasteiger partial charge in [-0.05, 0) is 36.2 Å². The Kier molecular flexibility index (Phi) is 4.77. The van der Waals surface area contributed by atoms with Gasteiger partial charge in [0, 0.05) is 22.3 Å². The molecule has 0 fully saturated rings. The van der Waals surface area contributed by atoms with Crippen LogP contribution in [0.3, 0.4) is 0 Å². The number of non-ortho nitro benzene ring substituents is 1. The number of benzene rings is 2. The molecule has 0 radical (unpaired) electrons. The van der Waals surface area contributed by atoms with E-state index in [1.165, 1.54) is 30.3 Å². The SMILES string of the molecule is CCc1cc([N+](=O)[O-])ccc1NC(=O)c1cc(Br)ccc1O. The van der Waals surface area contributed by atoms with Crippen LogP contribution in [0.2, 0.25) is 0 Å². The first-order chi connectivity index (χ1) is 10.4. The van der Waals surface area contributed by atoms with Gasteiger partial charge < -0.3 is 10.4 Å². The van der Waals surface area contributed by atoms with Gasteiger partial charge in [0.1, 0.15) is 5.75 Å². The van der Waals surface area contributed by atoms with Gasteiger partial charge in [-0.25, -0.2) is 0 Å². The molecule has 0 aliphatic heterocycles. The summed E-state index contributed by atoms with van der Waals surface area (Å²) in [6.45, 7) is 1.84. The van der Waals surface area contributed by atoms with Crippen molar-refractivity contribution in [2.24, 2.45) is 0 Å². The largest absolute Gasteiger partial charge is 0.507 e. The fourth-order valence-corrected chi connectivity index (χ4v) is 2.35. The monoisotopic (exact) mass is 364 g/mol. The zero-order valence-corrected chi connectivity index (χ0v) is 13.3. The molecule has 2 aromatic rings. The van der Waals surface area contributed by atoms with Crippen LogP contribution < -0.4 is 5.32 Å². The highest BCUT2D eigenvalue weighted by Gasteiger charge is 2.15. The Morgan fingerprint density at radius 2 is 2.05 bits per heavy atom. The van der Waals surface area contributed by atoms with Gasteiger partial charge in [-0.3, -0.25) is 14.9 Å². The van der Waals surface area contributed by atoms with E-state index in [0.29, 0.717) is 22.1 Å². The van der Waals surface area contributed by atoms with Gasteiger partial charge in [0.2, 0.25) is 0 Å². The highest BCUT2D eigenvalue weighted by Crippen LogP contribution is 2.26. The summed E-state index contributed by atoms with van der Waals surface area (Å²) in [5.74, 6) is -0.622. The topological polar surface area (TPSA) is 92.5 Å². The molecule has 2 rings (SSSR count). The predicted octanol–water partition coefficient (Wildman–Crippen LogP) is 3.88. The molecule has 22 heavy (non-hydrogen) atoms. The molecule has 0 saturated heterocycles. The highest BCUT2D eigenvalue weighted by molar-refractivity contribution is 9.10. The van der Waals surface area contributed by atoms with Crippen molar-refractivity contribution >= 4 is 33.2 Å². The number of hydrogen-bond acceptors (Lipinski definition) is 4. The van der Waals surface area contributed by atoms with Crippen molar-refractivity contribution in [3.8, 4) is 5.75 Å². The number of aromatic hydroxyl groups is 1. The van der Waals surface area contributed by atoms with Crippen LogP contribution in [0, 0.1) is 10.1 Å². The molecule has 0 unspecified atom stereocenters. The van der Waals surface area contributed by atoms with Crippen LogP contribution in [-0.2, 0) is 6.42 Å². The zero-order chi connectivity index (χ0) is 16.3. The van der Waals surface area contributed by atoms with E-state index in [4.69, 9.17) is 0 Å². The summed E-state index contributed by atoms with van der Waals surface area (Å²) < 4.78 is 0.662. The summed E-state index contributed by atoms with van der Waals surface area (Å²) in [4.78, 5) is 22.6. The number of phenols is 1. The first-order valence-corrected chi connectivity index (χ1v) is 7.29. The number of carbonyl (C=O) groups excluding carboxylic acids is 1. The van der Waals surface area contributed by atoms with Gasteiger partial charge in [-0.1, -0.05) is 22.9 Å². The first kappa shape index (κ1) is 16.0. The van der Waals surface area contributed by atoms with Gasteiger partial charge in [-0.2, -0.15) is 0 Å². The van der Waals surface area contributed by atoms with E-state index in [1.54, 1.807) is 6.07 Å². The zero-order valence-electron chi connectivity index (χ0n) is 11.7. The fourth-order valence-electron chi connectivity index (χ4n) is 1.99. The average Bonchev–Trinajstić information content (AvgIpc) is 2.49. The molecule has 0 aliphatic carbocycles. The number of nitro benzene ring substituents is 1. The number of nitro groups is 1. The van der Waals surface area contributed by atoms with Crippen LogP contribution >= 0.6 is 15.9 Å². The van der Waals surface area contributed by atoms with Gasteiger partial charge in [0.05, 0.1) is 10.5 Å². The molecule has 0 aliphatic rings. The minimum Gasteiger partial charge on any atom is -0.507 e. The van der Waals surface area contributed by atoms with Crippen LogP contribution in [0.4, 0.5) is 11.4 Å². The third kappa shape index (κ3) is 3.43. The summed E-state index contributed by atoms with van der Waals surface area (Å²) in [6.07, 6.45) is 0.530. The Morgan fingerprint density at radius 1 is 1.32 bits per heavy atom. The minimum atomic E-state index is -0.484. The van der Waals surface area contributed by atoms with Crippen molar-refractivity contribution in [1.82, 2.24) is 0 Å². The number of amides is 1. The summed E-state index contributed by atoms with van der Waals surface area (Å²) in [6, 6.07) is 8.78. The normalized spacial score (nSPS) is 10.3. The van der Waals surface area contributed by atoms with Gasteiger partial charge >= 0.3 is 0 Å². The van der Waals surface area contributed by atoms with Gasteiger partial charge in [0.15, 0.2) is 0 Å². The van der Waals surface area contributed by atoms with E-state index in [2.05, 4.69) is 21.2 Å². The molecule has 0 heterocycles. The predicted molar refractivity (Wildman–Crippen MR) is 86.2 cm³/mol. The molecule has 114 valence electrons. The number of anilines is 1. The molecule has 6 nitrogen and oxygen atoms in total. The number of phenolic OH excluding ortho intramolecular Hbond substituents is 1. The van der Waals surface area contributed by atoms with Crippen molar-refractivity contribution in [3.05, 3.63) is 62.1 Å².